The van der Waals surface area contributed by atoms with Crippen molar-refractivity contribution in [1.29, 1.82) is 0 Å². The number of rotatable bonds is 5. The average Bonchev–Trinajstić information content (AvgIpc) is 3.17. The molecule has 1 saturated carbocycles. The maximum absolute atomic E-state index is 13.2. The van der Waals surface area contributed by atoms with Gasteiger partial charge in [-0.2, -0.15) is 0 Å². The van der Waals surface area contributed by atoms with Crippen LogP contribution in [0.1, 0.15) is 58.7 Å². The third kappa shape index (κ3) is 4.70. The molecule has 0 radical (unpaired) electrons. The molecule has 1 aliphatic carbocycles. The number of urea groups is 1. The predicted octanol–water partition coefficient (Wildman–Crippen LogP) is 4.91. The van der Waals surface area contributed by atoms with Crippen LogP contribution in [-0.2, 0) is 11.3 Å². The number of esters is 1. The van der Waals surface area contributed by atoms with Crippen LogP contribution in [0.3, 0.4) is 0 Å². The third-order valence-electron chi connectivity index (χ3n) is 5.24. The van der Waals surface area contributed by atoms with Gasteiger partial charge in [-0.25, -0.2) is 14.6 Å². The molecular weight excluding hydrogens is 374 g/mol. The van der Waals surface area contributed by atoms with E-state index in [9.17, 15) is 9.59 Å². The van der Waals surface area contributed by atoms with Crippen LogP contribution in [0.2, 0.25) is 0 Å². The molecule has 0 unspecified atom stereocenters. The van der Waals surface area contributed by atoms with Crippen LogP contribution in [-0.4, -0.2) is 35.0 Å². The van der Waals surface area contributed by atoms with Gasteiger partial charge >= 0.3 is 12.0 Å². The van der Waals surface area contributed by atoms with Crippen LogP contribution < -0.4 is 5.32 Å². The fraction of sp³-hybridized carbons (Fsp3) is 0.476. The average molecular weight is 402 g/mol. The first kappa shape index (κ1) is 20.3. The van der Waals surface area contributed by atoms with Crippen molar-refractivity contribution in [2.24, 2.45) is 0 Å². The van der Waals surface area contributed by atoms with Gasteiger partial charge in [0.2, 0.25) is 0 Å². The Labute approximate surface area is 169 Å². The van der Waals surface area contributed by atoms with Crippen LogP contribution in [0, 0.1) is 13.8 Å². The maximum atomic E-state index is 13.2. The van der Waals surface area contributed by atoms with Crippen LogP contribution in [0.4, 0.5) is 10.5 Å². The lowest BCUT2D eigenvalue weighted by Crippen LogP contribution is -2.43. The normalized spacial score (nSPS) is 14.5. The lowest BCUT2D eigenvalue weighted by Gasteiger charge is -2.34. The molecule has 3 rings (SSSR count). The topological polar surface area (TPSA) is 71.5 Å². The second kappa shape index (κ2) is 9.19. The molecule has 0 spiro atoms. The number of amides is 2. The van der Waals surface area contributed by atoms with Gasteiger partial charge in [0.1, 0.15) is 5.01 Å². The van der Waals surface area contributed by atoms with E-state index in [1.54, 1.807) is 5.38 Å². The van der Waals surface area contributed by atoms with Crippen molar-refractivity contribution in [2.45, 2.75) is 58.5 Å². The van der Waals surface area contributed by atoms with E-state index in [4.69, 9.17) is 4.74 Å². The molecule has 150 valence electrons. The smallest absolute Gasteiger partial charge is 0.357 e. The van der Waals surface area contributed by atoms with Gasteiger partial charge in [0.25, 0.3) is 0 Å². The van der Waals surface area contributed by atoms with Crippen molar-refractivity contribution in [2.75, 3.05) is 12.4 Å². The Morgan fingerprint density at radius 3 is 2.54 bits per heavy atom. The Bertz CT molecular complexity index is 823. The molecule has 7 heteroatoms. The van der Waals surface area contributed by atoms with Gasteiger partial charge in [0.15, 0.2) is 5.69 Å². The Kier molecular flexibility index (Phi) is 6.67. The SMILES string of the molecule is COC(=O)c1csc(CN(C(=O)Nc2c(C)cccc2C)C2CCCCC2)n1. The van der Waals surface area contributed by atoms with E-state index < -0.39 is 5.97 Å². The van der Waals surface area contributed by atoms with E-state index in [-0.39, 0.29) is 12.1 Å². The molecule has 1 aromatic heterocycles. The number of hydrogen-bond donors (Lipinski definition) is 1. The van der Waals surface area contributed by atoms with Gasteiger partial charge in [-0.3, -0.25) is 0 Å². The number of hydrogen-bond acceptors (Lipinski definition) is 5. The van der Waals surface area contributed by atoms with Crippen LogP contribution >= 0.6 is 11.3 Å². The standard InChI is InChI=1S/C21H27N3O3S/c1-14-8-7-9-15(2)19(14)23-21(26)24(16-10-5-4-6-11-16)12-18-22-17(13-28-18)20(25)27-3/h7-9,13,16H,4-6,10-12H2,1-3H3,(H,23,26). The molecule has 28 heavy (non-hydrogen) atoms. The summed E-state index contributed by atoms with van der Waals surface area (Å²) >= 11 is 1.38. The van der Waals surface area contributed by atoms with E-state index in [2.05, 4.69) is 10.3 Å². The second-order valence-corrected chi connectivity index (χ2v) is 8.18. The van der Waals surface area contributed by atoms with Crippen molar-refractivity contribution in [3.8, 4) is 0 Å². The molecule has 1 aliphatic rings. The summed E-state index contributed by atoms with van der Waals surface area (Å²) in [6, 6.07) is 6.06. The number of carbonyl (C=O) groups excluding carboxylic acids is 2. The minimum Gasteiger partial charge on any atom is -0.464 e. The van der Waals surface area contributed by atoms with Crippen molar-refractivity contribution in [3.63, 3.8) is 0 Å². The number of para-hydroxylation sites is 1. The zero-order chi connectivity index (χ0) is 20.1. The van der Waals surface area contributed by atoms with Crippen LogP contribution in [0.5, 0.6) is 0 Å². The summed E-state index contributed by atoms with van der Waals surface area (Å²) < 4.78 is 4.74. The van der Waals surface area contributed by atoms with Gasteiger partial charge < -0.3 is 15.0 Å². The van der Waals surface area contributed by atoms with E-state index in [1.165, 1.54) is 24.9 Å². The minimum absolute atomic E-state index is 0.112. The Morgan fingerprint density at radius 2 is 1.89 bits per heavy atom. The highest BCUT2D eigenvalue weighted by Gasteiger charge is 2.27. The molecule has 1 heterocycles. The molecule has 1 aromatic carbocycles. The van der Waals surface area contributed by atoms with E-state index in [0.717, 1.165) is 47.5 Å². The number of nitrogens with zero attached hydrogens (tertiary/aromatic N) is 2. The quantitative estimate of drug-likeness (QED) is 0.722. The van der Waals surface area contributed by atoms with Crippen LogP contribution in [0.25, 0.3) is 0 Å². The number of methoxy groups -OCH3 is 1. The monoisotopic (exact) mass is 401 g/mol. The number of aryl methyl sites for hydroxylation is 2. The number of aromatic nitrogens is 1. The summed E-state index contributed by atoms with van der Waals surface area (Å²) in [6.07, 6.45) is 5.46. The lowest BCUT2D eigenvalue weighted by atomic mass is 9.94. The first-order valence-corrected chi connectivity index (χ1v) is 10.5. The number of nitrogens with one attached hydrogen (secondary N) is 1. The van der Waals surface area contributed by atoms with Gasteiger partial charge in [-0.15, -0.1) is 11.3 Å². The molecule has 0 aliphatic heterocycles. The Balaban J connectivity index is 1.81. The summed E-state index contributed by atoms with van der Waals surface area (Å²) in [7, 11) is 1.34. The first-order valence-electron chi connectivity index (χ1n) is 9.66. The summed E-state index contributed by atoms with van der Waals surface area (Å²) in [5, 5.41) is 5.53. The molecule has 1 N–H and O–H groups in total. The highest BCUT2D eigenvalue weighted by atomic mass is 32.1. The summed E-state index contributed by atoms with van der Waals surface area (Å²) in [4.78, 5) is 31.2. The minimum atomic E-state index is -0.452. The Hall–Kier alpha value is -2.41. The highest BCUT2D eigenvalue weighted by Crippen LogP contribution is 2.27. The molecule has 2 amide bonds. The summed E-state index contributed by atoms with van der Waals surface area (Å²) in [6.45, 7) is 4.39. The molecule has 0 bridgehead atoms. The largest absolute Gasteiger partial charge is 0.464 e. The molecular formula is C21H27N3O3S. The summed E-state index contributed by atoms with van der Waals surface area (Å²) in [5.41, 5.74) is 3.24. The predicted molar refractivity (Wildman–Crippen MR) is 111 cm³/mol. The molecule has 6 nitrogen and oxygen atoms in total. The number of thiazole rings is 1. The van der Waals surface area contributed by atoms with Crippen molar-refractivity contribution < 1.29 is 14.3 Å². The first-order chi connectivity index (χ1) is 13.5. The highest BCUT2D eigenvalue weighted by molar-refractivity contribution is 7.09. The number of anilines is 1. The number of carbonyl (C=O) groups is 2. The molecule has 0 atom stereocenters. The van der Waals surface area contributed by atoms with E-state index in [0.29, 0.717) is 12.2 Å². The molecule has 2 aromatic rings. The van der Waals surface area contributed by atoms with Gasteiger partial charge in [0.05, 0.1) is 13.7 Å². The van der Waals surface area contributed by atoms with Crippen molar-refractivity contribution in [1.82, 2.24) is 9.88 Å². The van der Waals surface area contributed by atoms with Gasteiger partial charge in [-0.1, -0.05) is 37.5 Å². The third-order valence-corrected chi connectivity index (χ3v) is 6.07. The zero-order valence-electron chi connectivity index (χ0n) is 16.7. The van der Waals surface area contributed by atoms with Crippen molar-refractivity contribution >= 4 is 29.0 Å². The fourth-order valence-electron chi connectivity index (χ4n) is 3.68. The summed E-state index contributed by atoms with van der Waals surface area (Å²) in [5.74, 6) is -0.452. The van der Waals surface area contributed by atoms with Crippen molar-refractivity contribution in [3.05, 3.63) is 45.4 Å². The molecule has 1 fully saturated rings. The second-order valence-electron chi connectivity index (χ2n) is 7.23. The zero-order valence-corrected chi connectivity index (χ0v) is 17.5. The van der Waals surface area contributed by atoms with Gasteiger partial charge in [0, 0.05) is 17.1 Å². The number of ether oxygens (including phenoxy) is 1. The van der Waals surface area contributed by atoms with Crippen LogP contribution in [0.15, 0.2) is 23.6 Å². The molecule has 0 saturated heterocycles. The van der Waals surface area contributed by atoms with Gasteiger partial charge in [-0.05, 0) is 37.8 Å². The Morgan fingerprint density at radius 1 is 1.21 bits per heavy atom. The number of benzene rings is 1. The fourth-order valence-corrected chi connectivity index (χ4v) is 4.44. The lowest BCUT2D eigenvalue weighted by molar-refractivity contribution is 0.0594. The van der Waals surface area contributed by atoms with E-state index >= 15 is 0 Å². The van der Waals surface area contributed by atoms with E-state index in [1.807, 2.05) is 36.9 Å². The maximum Gasteiger partial charge on any atom is 0.357 e.